The molecule has 0 saturated heterocycles. The maximum absolute atomic E-state index is 5.97. The van der Waals surface area contributed by atoms with Crippen molar-refractivity contribution in [1.29, 1.82) is 0 Å². The van der Waals surface area contributed by atoms with E-state index in [9.17, 15) is 0 Å². The quantitative estimate of drug-likeness (QED) is 0.471. The number of nitrogens with zero attached hydrogens (tertiary/aromatic N) is 1. The third-order valence-corrected chi connectivity index (χ3v) is 3.63. The zero-order valence-electron chi connectivity index (χ0n) is 13.9. The maximum atomic E-state index is 5.97. The average Bonchev–Trinajstić information content (AvgIpc) is 2.47. The summed E-state index contributed by atoms with van der Waals surface area (Å²) < 4.78 is 11.0. The Morgan fingerprint density at radius 3 is 1.95 bits per heavy atom. The Balaban J connectivity index is 4.12. The number of nitrogens with two attached hydrogens (primary N) is 1. The monoisotopic (exact) mass is 288 g/mol. The van der Waals surface area contributed by atoms with Crippen molar-refractivity contribution in [2.45, 2.75) is 58.9 Å². The molecule has 0 rings (SSSR count). The minimum absolute atomic E-state index is 0.466. The summed E-state index contributed by atoms with van der Waals surface area (Å²) in [4.78, 5) is 2.44. The summed E-state index contributed by atoms with van der Waals surface area (Å²) in [6.45, 7) is 12.1. The van der Waals surface area contributed by atoms with E-state index in [1.807, 2.05) is 13.8 Å². The fourth-order valence-electron chi connectivity index (χ4n) is 2.39. The Labute approximate surface area is 126 Å². The van der Waals surface area contributed by atoms with Gasteiger partial charge in [0.15, 0.2) is 0 Å². The van der Waals surface area contributed by atoms with Crippen molar-refractivity contribution < 1.29 is 9.47 Å². The molecule has 4 heteroatoms. The van der Waals surface area contributed by atoms with Gasteiger partial charge >= 0.3 is 0 Å². The van der Waals surface area contributed by atoms with Crippen molar-refractivity contribution in [3.8, 4) is 0 Å². The molecule has 0 saturated carbocycles. The summed E-state index contributed by atoms with van der Waals surface area (Å²) in [5.74, 6) is 0. The van der Waals surface area contributed by atoms with E-state index < -0.39 is 0 Å². The Hall–Kier alpha value is -0.160. The molecule has 0 amide bonds. The normalized spacial score (nSPS) is 13.1. The van der Waals surface area contributed by atoms with Crippen LogP contribution in [0, 0.1) is 0 Å². The summed E-state index contributed by atoms with van der Waals surface area (Å²) in [5, 5.41) is 0. The van der Waals surface area contributed by atoms with E-state index in [0.717, 1.165) is 46.1 Å². The van der Waals surface area contributed by atoms with Crippen molar-refractivity contribution in [1.82, 2.24) is 4.90 Å². The van der Waals surface area contributed by atoms with E-state index in [1.165, 1.54) is 32.1 Å². The molecule has 1 atom stereocenters. The van der Waals surface area contributed by atoms with Gasteiger partial charge in [-0.15, -0.1) is 0 Å². The van der Waals surface area contributed by atoms with Crippen molar-refractivity contribution in [3.05, 3.63) is 0 Å². The van der Waals surface area contributed by atoms with Crippen molar-refractivity contribution in [3.63, 3.8) is 0 Å². The smallest absolute Gasteiger partial charge is 0.0593 e. The van der Waals surface area contributed by atoms with Gasteiger partial charge in [0.2, 0.25) is 0 Å². The summed E-state index contributed by atoms with van der Waals surface area (Å²) in [5.41, 5.74) is 5.97. The number of rotatable bonds is 15. The number of hydrogen-bond donors (Lipinski definition) is 1. The molecule has 0 aliphatic heterocycles. The van der Waals surface area contributed by atoms with Gasteiger partial charge in [-0.05, 0) is 20.3 Å². The molecule has 1 unspecified atom stereocenters. The van der Waals surface area contributed by atoms with Crippen LogP contribution in [0.15, 0.2) is 0 Å². The van der Waals surface area contributed by atoms with Crippen LogP contribution in [0.2, 0.25) is 0 Å². The topological polar surface area (TPSA) is 47.7 Å². The third kappa shape index (κ3) is 10.6. The second-order valence-corrected chi connectivity index (χ2v) is 5.17. The van der Waals surface area contributed by atoms with Crippen LogP contribution in [0.4, 0.5) is 0 Å². The van der Waals surface area contributed by atoms with Crippen LogP contribution in [-0.4, -0.2) is 57.0 Å². The predicted molar refractivity (Wildman–Crippen MR) is 86.2 cm³/mol. The van der Waals surface area contributed by atoms with Crippen LogP contribution in [0.5, 0.6) is 0 Å². The van der Waals surface area contributed by atoms with Crippen LogP contribution in [0.3, 0.4) is 0 Å². The van der Waals surface area contributed by atoms with Gasteiger partial charge in [0.25, 0.3) is 0 Å². The first-order chi connectivity index (χ1) is 9.79. The Morgan fingerprint density at radius 1 is 0.900 bits per heavy atom. The van der Waals surface area contributed by atoms with E-state index in [0.29, 0.717) is 6.04 Å². The fraction of sp³-hybridized carbons (Fsp3) is 1.00. The lowest BCUT2D eigenvalue weighted by atomic mass is 10.1. The second kappa shape index (κ2) is 15.2. The number of unbranched alkanes of at least 4 members (excludes halogenated alkanes) is 3. The molecule has 0 aromatic carbocycles. The van der Waals surface area contributed by atoms with Gasteiger partial charge in [-0.25, -0.2) is 0 Å². The summed E-state index contributed by atoms with van der Waals surface area (Å²) in [6.07, 6.45) is 6.39. The first-order valence-corrected chi connectivity index (χ1v) is 8.39. The molecule has 0 aromatic rings. The van der Waals surface area contributed by atoms with E-state index in [1.54, 1.807) is 0 Å². The molecule has 2 N–H and O–H groups in total. The highest BCUT2D eigenvalue weighted by atomic mass is 16.5. The maximum Gasteiger partial charge on any atom is 0.0593 e. The van der Waals surface area contributed by atoms with Crippen LogP contribution in [0.25, 0.3) is 0 Å². The molecule has 0 aliphatic carbocycles. The number of ether oxygens (including phenoxy) is 2. The van der Waals surface area contributed by atoms with Crippen LogP contribution < -0.4 is 5.73 Å². The first-order valence-electron chi connectivity index (χ1n) is 8.39. The molecule has 20 heavy (non-hydrogen) atoms. The zero-order valence-corrected chi connectivity index (χ0v) is 13.9. The van der Waals surface area contributed by atoms with Gasteiger partial charge in [-0.2, -0.15) is 0 Å². The highest BCUT2D eigenvalue weighted by Gasteiger charge is 2.16. The average molecular weight is 288 g/mol. The molecule has 0 aliphatic rings. The molecule has 0 radical (unpaired) electrons. The minimum atomic E-state index is 0.466. The van der Waals surface area contributed by atoms with Crippen molar-refractivity contribution in [2.24, 2.45) is 5.73 Å². The molecular weight excluding hydrogens is 252 g/mol. The molecule has 122 valence electrons. The van der Waals surface area contributed by atoms with Gasteiger partial charge < -0.3 is 15.2 Å². The van der Waals surface area contributed by atoms with Crippen molar-refractivity contribution >= 4 is 0 Å². The van der Waals surface area contributed by atoms with Crippen LogP contribution >= 0.6 is 0 Å². The zero-order chi connectivity index (χ0) is 15.1. The Kier molecular flexibility index (Phi) is 15.1. The fourth-order valence-corrected chi connectivity index (χ4v) is 2.39. The van der Waals surface area contributed by atoms with Gasteiger partial charge in [0.05, 0.1) is 13.2 Å². The lowest BCUT2D eigenvalue weighted by molar-refractivity contribution is 0.0616. The molecule has 0 spiro atoms. The Morgan fingerprint density at radius 2 is 1.50 bits per heavy atom. The summed E-state index contributed by atoms with van der Waals surface area (Å²) in [6, 6.07) is 0.466. The van der Waals surface area contributed by atoms with E-state index in [2.05, 4.69) is 11.8 Å². The van der Waals surface area contributed by atoms with E-state index in [-0.39, 0.29) is 0 Å². The van der Waals surface area contributed by atoms with Crippen LogP contribution in [-0.2, 0) is 9.47 Å². The molecule has 0 aromatic heterocycles. The SMILES string of the molecule is CCCCCCC(CN)N(CCOCC)CCOCC. The van der Waals surface area contributed by atoms with E-state index >= 15 is 0 Å². The molecule has 0 fully saturated rings. The standard InChI is InChI=1S/C16H36N2O2/c1-4-7-8-9-10-16(15-17)18(11-13-19-5-2)12-14-20-6-3/h16H,4-15,17H2,1-3H3. The highest BCUT2D eigenvalue weighted by molar-refractivity contribution is 4.73. The lowest BCUT2D eigenvalue weighted by Gasteiger charge is -2.31. The molecule has 0 heterocycles. The highest BCUT2D eigenvalue weighted by Crippen LogP contribution is 2.10. The lowest BCUT2D eigenvalue weighted by Crippen LogP contribution is -2.44. The van der Waals surface area contributed by atoms with E-state index in [4.69, 9.17) is 15.2 Å². The Bertz CT molecular complexity index is 181. The van der Waals surface area contributed by atoms with Crippen molar-refractivity contribution in [2.75, 3.05) is 46.1 Å². The van der Waals surface area contributed by atoms with Crippen LogP contribution in [0.1, 0.15) is 52.9 Å². The molecular formula is C16H36N2O2. The number of hydrogen-bond acceptors (Lipinski definition) is 4. The summed E-state index contributed by atoms with van der Waals surface area (Å²) in [7, 11) is 0. The third-order valence-electron chi connectivity index (χ3n) is 3.63. The van der Waals surface area contributed by atoms with Gasteiger partial charge in [0, 0.05) is 38.9 Å². The summed E-state index contributed by atoms with van der Waals surface area (Å²) >= 11 is 0. The molecule has 4 nitrogen and oxygen atoms in total. The predicted octanol–water partition coefficient (Wildman–Crippen LogP) is 2.66. The second-order valence-electron chi connectivity index (χ2n) is 5.17. The van der Waals surface area contributed by atoms with Gasteiger partial charge in [0.1, 0.15) is 0 Å². The first kappa shape index (κ1) is 19.8. The largest absolute Gasteiger partial charge is 0.380 e. The molecule has 0 bridgehead atoms. The minimum Gasteiger partial charge on any atom is -0.380 e. The van der Waals surface area contributed by atoms with Gasteiger partial charge in [-0.3, -0.25) is 4.90 Å². The van der Waals surface area contributed by atoms with Gasteiger partial charge in [-0.1, -0.05) is 32.6 Å².